The molecule has 1 aromatic heterocycles. The molecule has 1 aliphatic rings. The van der Waals surface area contributed by atoms with Gasteiger partial charge < -0.3 is 10.1 Å². The highest BCUT2D eigenvalue weighted by Gasteiger charge is 2.21. The molecule has 1 aromatic rings. The largest absolute Gasteiger partial charge is 0.442 e. The van der Waals surface area contributed by atoms with E-state index in [1.54, 1.807) is 0 Å². The van der Waals surface area contributed by atoms with Crippen molar-refractivity contribution in [2.75, 3.05) is 13.1 Å². The Hall–Kier alpha value is -1.75. The Balaban J connectivity index is 0.00000139. The zero-order valence-corrected chi connectivity index (χ0v) is 15.7. The van der Waals surface area contributed by atoms with Crippen LogP contribution < -0.4 is 10.1 Å². The Labute approximate surface area is 145 Å². The summed E-state index contributed by atoms with van der Waals surface area (Å²) < 4.78 is 19.5. The maximum atomic E-state index is 13.7. The Morgan fingerprint density at radius 2 is 1.96 bits per heavy atom. The molecule has 5 heteroatoms. The van der Waals surface area contributed by atoms with E-state index in [0.717, 1.165) is 25.3 Å². The second-order valence-electron chi connectivity index (χ2n) is 6.07. The molecule has 0 saturated carbocycles. The van der Waals surface area contributed by atoms with Crippen LogP contribution in [0.4, 0.5) is 4.39 Å². The minimum absolute atomic E-state index is 0.301. The molecule has 1 N–H and O–H groups in total. The minimum Gasteiger partial charge on any atom is -0.442 e. The third-order valence-corrected chi connectivity index (χ3v) is 3.78. The van der Waals surface area contributed by atoms with Crippen LogP contribution >= 0.6 is 0 Å². The standard InChI is InChI=1S/C17H24FN3O.C2H6/c1-5-14(7-6-12(2)13-8-19-9-13)22-16-11-20-15(10-21-16)17(3,4)18;1-2/h6-7,10-11,13,19H,5,8-9H2,1-4H3;1-2H3/b12-6+,14-7+;. The molecule has 2 rings (SSSR count). The Bertz CT molecular complexity index is 555. The summed E-state index contributed by atoms with van der Waals surface area (Å²) in [6.45, 7) is 13.2. The molecule has 2 heterocycles. The Morgan fingerprint density at radius 3 is 2.38 bits per heavy atom. The molecule has 0 radical (unpaired) electrons. The lowest BCUT2D eigenvalue weighted by atomic mass is 9.94. The van der Waals surface area contributed by atoms with Crippen LogP contribution in [-0.2, 0) is 5.67 Å². The molecule has 0 aromatic carbocycles. The van der Waals surface area contributed by atoms with Gasteiger partial charge in [0.2, 0.25) is 5.88 Å². The van der Waals surface area contributed by atoms with Crippen molar-refractivity contribution in [2.24, 2.45) is 5.92 Å². The molecule has 134 valence electrons. The topological polar surface area (TPSA) is 47.0 Å². The van der Waals surface area contributed by atoms with Crippen LogP contribution in [0.5, 0.6) is 5.88 Å². The van der Waals surface area contributed by atoms with Gasteiger partial charge in [-0.2, -0.15) is 0 Å². The van der Waals surface area contributed by atoms with Crippen molar-refractivity contribution in [3.05, 3.63) is 41.6 Å². The monoisotopic (exact) mass is 335 g/mol. The first kappa shape index (κ1) is 20.3. The summed E-state index contributed by atoms with van der Waals surface area (Å²) >= 11 is 0. The number of nitrogens with zero attached hydrogens (tertiary/aromatic N) is 2. The second kappa shape index (κ2) is 9.52. The molecule has 0 aliphatic carbocycles. The van der Waals surface area contributed by atoms with Crippen LogP contribution in [0.15, 0.2) is 35.9 Å². The lowest BCUT2D eigenvalue weighted by Crippen LogP contribution is -2.42. The number of ether oxygens (including phenoxy) is 1. The van der Waals surface area contributed by atoms with E-state index in [2.05, 4.69) is 28.3 Å². The van der Waals surface area contributed by atoms with E-state index >= 15 is 0 Å². The van der Waals surface area contributed by atoms with Crippen molar-refractivity contribution >= 4 is 0 Å². The number of nitrogens with one attached hydrogen (secondary N) is 1. The fraction of sp³-hybridized carbons (Fsp3) is 0.579. The molecule has 1 fully saturated rings. The van der Waals surface area contributed by atoms with Crippen molar-refractivity contribution < 1.29 is 9.13 Å². The lowest BCUT2D eigenvalue weighted by Gasteiger charge is -2.27. The zero-order chi connectivity index (χ0) is 18.2. The maximum absolute atomic E-state index is 13.7. The molecular weight excluding hydrogens is 305 g/mol. The first-order valence-electron chi connectivity index (χ1n) is 8.67. The molecule has 4 nitrogen and oxygen atoms in total. The van der Waals surface area contributed by atoms with Gasteiger partial charge in [-0.3, -0.25) is 4.98 Å². The van der Waals surface area contributed by atoms with E-state index in [1.807, 2.05) is 26.8 Å². The molecular formula is C19H30FN3O. The fourth-order valence-corrected chi connectivity index (χ4v) is 2.01. The molecule has 24 heavy (non-hydrogen) atoms. The average molecular weight is 335 g/mol. The average Bonchev–Trinajstić information content (AvgIpc) is 2.51. The van der Waals surface area contributed by atoms with Crippen molar-refractivity contribution in [2.45, 2.75) is 53.6 Å². The summed E-state index contributed by atoms with van der Waals surface area (Å²) in [4.78, 5) is 8.20. The fourth-order valence-electron chi connectivity index (χ4n) is 2.01. The van der Waals surface area contributed by atoms with E-state index in [4.69, 9.17) is 4.74 Å². The van der Waals surface area contributed by atoms with Gasteiger partial charge in [0.05, 0.1) is 18.1 Å². The number of hydrogen-bond donors (Lipinski definition) is 1. The van der Waals surface area contributed by atoms with Crippen LogP contribution in [0.25, 0.3) is 0 Å². The van der Waals surface area contributed by atoms with Crippen molar-refractivity contribution in [3.8, 4) is 5.88 Å². The van der Waals surface area contributed by atoms with E-state index in [0.29, 0.717) is 17.5 Å². The second-order valence-corrected chi connectivity index (χ2v) is 6.07. The summed E-state index contributed by atoms with van der Waals surface area (Å²) in [6.07, 6.45) is 7.71. The summed E-state index contributed by atoms with van der Waals surface area (Å²) in [7, 11) is 0. The van der Waals surface area contributed by atoms with Gasteiger partial charge in [0, 0.05) is 25.4 Å². The minimum atomic E-state index is -1.49. The zero-order valence-electron chi connectivity index (χ0n) is 15.7. The SMILES string of the molecule is CC.CC/C(=C\C=C(/C)C1CNC1)Oc1cnc(C(C)(C)F)cn1. The lowest BCUT2D eigenvalue weighted by molar-refractivity contribution is 0.213. The number of rotatable bonds is 6. The number of aromatic nitrogens is 2. The van der Waals surface area contributed by atoms with E-state index in [9.17, 15) is 4.39 Å². The van der Waals surface area contributed by atoms with Crippen LogP contribution in [0, 0.1) is 5.92 Å². The quantitative estimate of drug-likeness (QED) is 0.612. The van der Waals surface area contributed by atoms with Crippen LogP contribution in [0.3, 0.4) is 0 Å². The Morgan fingerprint density at radius 1 is 1.29 bits per heavy atom. The summed E-state index contributed by atoms with van der Waals surface area (Å²) in [5.41, 5.74) is 0.148. The summed E-state index contributed by atoms with van der Waals surface area (Å²) in [5, 5.41) is 3.26. The summed E-state index contributed by atoms with van der Waals surface area (Å²) in [6, 6.07) is 0. The van der Waals surface area contributed by atoms with Gasteiger partial charge in [-0.25, -0.2) is 9.37 Å². The van der Waals surface area contributed by atoms with Crippen molar-refractivity contribution in [3.63, 3.8) is 0 Å². The van der Waals surface area contributed by atoms with Crippen molar-refractivity contribution in [1.82, 2.24) is 15.3 Å². The van der Waals surface area contributed by atoms with Gasteiger partial charge in [-0.15, -0.1) is 0 Å². The molecule has 0 bridgehead atoms. The van der Waals surface area contributed by atoms with E-state index in [1.165, 1.54) is 31.8 Å². The molecule has 0 spiro atoms. The van der Waals surface area contributed by atoms with Gasteiger partial charge >= 0.3 is 0 Å². The molecule has 0 amide bonds. The maximum Gasteiger partial charge on any atom is 0.237 e. The highest BCUT2D eigenvalue weighted by molar-refractivity contribution is 5.20. The van der Waals surface area contributed by atoms with Crippen molar-refractivity contribution in [1.29, 1.82) is 0 Å². The predicted octanol–water partition coefficient (Wildman–Crippen LogP) is 4.55. The number of hydrogen-bond acceptors (Lipinski definition) is 4. The smallest absolute Gasteiger partial charge is 0.237 e. The van der Waals surface area contributed by atoms with Crippen LogP contribution in [-0.4, -0.2) is 23.1 Å². The highest BCUT2D eigenvalue weighted by Crippen LogP contribution is 2.23. The first-order valence-corrected chi connectivity index (χ1v) is 8.67. The van der Waals surface area contributed by atoms with Gasteiger partial charge in [0.15, 0.2) is 0 Å². The van der Waals surface area contributed by atoms with Gasteiger partial charge in [-0.1, -0.05) is 32.4 Å². The molecule has 1 aliphatic heterocycles. The predicted molar refractivity (Wildman–Crippen MR) is 96.6 cm³/mol. The first-order chi connectivity index (χ1) is 11.4. The number of halogens is 1. The third-order valence-electron chi connectivity index (χ3n) is 3.78. The normalized spacial score (nSPS) is 16.1. The third kappa shape index (κ3) is 6.04. The van der Waals surface area contributed by atoms with Crippen LogP contribution in [0.2, 0.25) is 0 Å². The van der Waals surface area contributed by atoms with Gasteiger partial charge in [-0.05, 0) is 26.8 Å². The highest BCUT2D eigenvalue weighted by atomic mass is 19.1. The molecule has 0 unspecified atom stereocenters. The number of allylic oxidation sites excluding steroid dienone is 3. The molecule has 1 saturated heterocycles. The van der Waals surface area contributed by atoms with Gasteiger partial charge in [0.1, 0.15) is 11.4 Å². The molecule has 0 atom stereocenters. The Kier molecular flexibility index (Phi) is 8.05. The van der Waals surface area contributed by atoms with E-state index in [-0.39, 0.29) is 0 Å². The van der Waals surface area contributed by atoms with E-state index < -0.39 is 5.67 Å². The summed E-state index contributed by atoms with van der Waals surface area (Å²) in [5.74, 6) is 1.82. The number of alkyl halides is 1. The van der Waals surface area contributed by atoms with Gasteiger partial charge in [0.25, 0.3) is 0 Å². The van der Waals surface area contributed by atoms with Crippen LogP contribution in [0.1, 0.15) is 53.7 Å².